The fourth-order valence-electron chi connectivity index (χ4n) is 8.02. The molecule has 7 aromatic carbocycles. The molecule has 0 radical (unpaired) electrons. The van der Waals surface area contributed by atoms with Gasteiger partial charge in [0.2, 0.25) is 0 Å². The van der Waals surface area contributed by atoms with Crippen LogP contribution in [0.4, 0.5) is 0 Å². The maximum atomic E-state index is 6.59. The zero-order valence-electron chi connectivity index (χ0n) is 26.9. The molecule has 0 bridgehead atoms. The fraction of sp³-hybridized carbons (Fsp3) is 0.0870. The third-order valence-corrected chi connectivity index (χ3v) is 10.2. The lowest BCUT2D eigenvalue weighted by molar-refractivity contribution is 0.632. The molecule has 0 unspecified atom stereocenters. The second-order valence-corrected chi connectivity index (χ2v) is 13.3. The second-order valence-electron chi connectivity index (χ2n) is 13.3. The van der Waals surface area contributed by atoms with Crippen molar-refractivity contribution in [2.45, 2.75) is 26.7 Å². The number of para-hydroxylation sites is 2. The number of hydrogen-bond acceptors (Lipinski definition) is 2. The fourth-order valence-corrected chi connectivity index (χ4v) is 8.02. The number of benzene rings is 7. The van der Waals surface area contributed by atoms with Crippen molar-refractivity contribution in [3.8, 4) is 33.8 Å². The Morgan fingerprint density at radius 2 is 1.06 bits per heavy atom. The second kappa shape index (κ2) is 10.3. The minimum Gasteiger partial charge on any atom is -0.456 e. The van der Waals surface area contributed by atoms with Crippen LogP contribution in [0.25, 0.3) is 93.6 Å². The lowest BCUT2D eigenvalue weighted by atomic mass is 9.82. The summed E-state index contributed by atoms with van der Waals surface area (Å²) in [5.41, 5.74) is 11.7. The van der Waals surface area contributed by atoms with Gasteiger partial charge in [-0.2, -0.15) is 0 Å². The summed E-state index contributed by atoms with van der Waals surface area (Å²) in [5, 5.41) is 9.68. The van der Waals surface area contributed by atoms with Crippen LogP contribution < -0.4 is 0 Å². The molecule has 2 heterocycles. The van der Waals surface area contributed by atoms with E-state index in [1.54, 1.807) is 0 Å². The van der Waals surface area contributed by atoms with Gasteiger partial charge in [0.1, 0.15) is 22.7 Å². The third kappa shape index (κ3) is 4.12. The molecule has 2 aromatic heterocycles. The summed E-state index contributed by atoms with van der Waals surface area (Å²) < 4.78 is 13.2. The normalized spacial score (nSPS) is 13.7. The van der Waals surface area contributed by atoms with E-state index in [0.717, 1.165) is 57.4 Å². The molecule has 0 spiro atoms. The van der Waals surface area contributed by atoms with Crippen LogP contribution in [0.2, 0.25) is 0 Å². The summed E-state index contributed by atoms with van der Waals surface area (Å²) in [6.07, 6.45) is 6.77. The summed E-state index contributed by atoms with van der Waals surface area (Å²) in [6.45, 7) is 4.38. The highest BCUT2D eigenvalue weighted by Crippen LogP contribution is 2.49. The first-order valence-electron chi connectivity index (χ1n) is 16.8. The van der Waals surface area contributed by atoms with Crippen molar-refractivity contribution in [1.29, 1.82) is 0 Å². The Hall–Kier alpha value is -5.86. The van der Waals surface area contributed by atoms with E-state index < -0.39 is 0 Å². The van der Waals surface area contributed by atoms with Crippen LogP contribution in [-0.2, 0) is 0 Å². The highest BCUT2D eigenvalue weighted by molar-refractivity contribution is 6.31. The maximum absolute atomic E-state index is 6.59. The lowest BCUT2D eigenvalue weighted by Gasteiger charge is -2.22. The summed E-state index contributed by atoms with van der Waals surface area (Å²) >= 11 is 0. The first-order valence-corrected chi connectivity index (χ1v) is 16.8. The molecular weight excluding hydrogens is 585 g/mol. The van der Waals surface area contributed by atoms with Gasteiger partial charge in [0.15, 0.2) is 0 Å². The molecule has 10 rings (SSSR count). The Morgan fingerprint density at radius 1 is 0.500 bits per heavy atom. The van der Waals surface area contributed by atoms with Crippen LogP contribution in [0.15, 0.2) is 148 Å². The quantitative estimate of drug-likeness (QED) is 0.184. The SMILES string of the molecule is CC1=CCCC(c2cc(-c3cc4ccccc4o3)c3ccc4c(-c5cccc(C)c5)cc(-c5cc6ccccc6o5)c5ccc2c3c45)=C1. The number of hydrogen-bond donors (Lipinski definition) is 0. The molecule has 0 amide bonds. The summed E-state index contributed by atoms with van der Waals surface area (Å²) in [7, 11) is 0. The largest absolute Gasteiger partial charge is 0.456 e. The van der Waals surface area contributed by atoms with Crippen molar-refractivity contribution >= 4 is 59.8 Å². The van der Waals surface area contributed by atoms with Gasteiger partial charge >= 0.3 is 0 Å². The first kappa shape index (κ1) is 27.3. The highest BCUT2D eigenvalue weighted by atomic mass is 16.3. The molecule has 1 aliphatic rings. The van der Waals surface area contributed by atoms with Crippen LogP contribution >= 0.6 is 0 Å². The van der Waals surface area contributed by atoms with E-state index in [0.29, 0.717) is 0 Å². The van der Waals surface area contributed by atoms with Crippen LogP contribution in [0.1, 0.15) is 30.9 Å². The van der Waals surface area contributed by atoms with Gasteiger partial charge in [-0.05, 0) is 118 Å². The molecule has 0 saturated carbocycles. The van der Waals surface area contributed by atoms with Crippen molar-refractivity contribution < 1.29 is 8.83 Å². The minimum atomic E-state index is 0.886. The number of aryl methyl sites for hydroxylation is 1. The molecule has 0 fully saturated rings. The summed E-state index contributed by atoms with van der Waals surface area (Å²) in [5.74, 6) is 1.78. The molecule has 0 saturated heterocycles. The minimum absolute atomic E-state index is 0.886. The summed E-state index contributed by atoms with van der Waals surface area (Å²) in [6, 6.07) is 43.9. The van der Waals surface area contributed by atoms with E-state index >= 15 is 0 Å². The third-order valence-electron chi connectivity index (χ3n) is 10.2. The Kier molecular flexibility index (Phi) is 5.86. The van der Waals surface area contributed by atoms with Gasteiger partial charge in [-0.3, -0.25) is 0 Å². The highest BCUT2D eigenvalue weighted by Gasteiger charge is 2.23. The number of fused-ring (bicyclic) bond motifs is 2. The number of furan rings is 2. The molecule has 228 valence electrons. The monoisotopic (exact) mass is 616 g/mol. The van der Waals surface area contributed by atoms with E-state index in [9.17, 15) is 0 Å². The van der Waals surface area contributed by atoms with Gasteiger partial charge in [0.05, 0.1) is 0 Å². The first-order chi connectivity index (χ1) is 23.6. The average molecular weight is 617 g/mol. The van der Waals surface area contributed by atoms with Crippen molar-refractivity contribution in [3.05, 3.63) is 150 Å². The van der Waals surface area contributed by atoms with Gasteiger partial charge in [-0.25, -0.2) is 0 Å². The lowest BCUT2D eigenvalue weighted by Crippen LogP contribution is -1.97. The zero-order chi connectivity index (χ0) is 31.9. The molecule has 1 aliphatic carbocycles. The molecule has 48 heavy (non-hydrogen) atoms. The van der Waals surface area contributed by atoms with Crippen LogP contribution in [0, 0.1) is 6.92 Å². The van der Waals surface area contributed by atoms with E-state index in [1.165, 1.54) is 65.7 Å². The Morgan fingerprint density at radius 3 is 1.65 bits per heavy atom. The van der Waals surface area contributed by atoms with Gasteiger partial charge in [0.25, 0.3) is 0 Å². The standard InChI is InChI=1S/C46H32O2/c1-27-9-7-13-29(21-27)37-25-39(43-23-31-11-3-5-15-41(31)47-43)35-20-18-34-38(30-14-8-10-28(2)22-30)26-40(36-19-17-33(37)45(35)46(34)36)44-24-32-12-4-6-16-42(32)48-44/h3-7,9-13,15-26H,8,14H2,1-2H3. The van der Waals surface area contributed by atoms with Gasteiger partial charge in [-0.1, -0.05) is 108 Å². The zero-order valence-corrected chi connectivity index (χ0v) is 26.9. The van der Waals surface area contributed by atoms with Crippen molar-refractivity contribution in [2.75, 3.05) is 0 Å². The van der Waals surface area contributed by atoms with Gasteiger partial charge in [-0.15, -0.1) is 0 Å². The predicted octanol–water partition coefficient (Wildman–Crippen LogP) is 13.5. The maximum Gasteiger partial charge on any atom is 0.136 e. The molecule has 9 aromatic rings. The van der Waals surface area contributed by atoms with Crippen LogP contribution in [0.3, 0.4) is 0 Å². The average Bonchev–Trinajstić information content (AvgIpc) is 3.75. The van der Waals surface area contributed by atoms with Crippen molar-refractivity contribution in [2.24, 2.45) is 0 Å². The Labute approximate surface area is 278 Å². The molecule has 0 aliphatic heterocycles. The van der Waals surface area contributed by atoms with E-state index in [1.807, 2.05) is 12.1 Å². The molecule has 0 N–H and O–H groups in total. The van der Waals surface area contributed by atoms with Crippen LogP contribution in [0.5, 0.6) is 0 Å². The number of allylic oxidation sites excluding steroid dienone is 4. The number of rotatable bonds is 4. The smallest absolute Gasteiger partial charge is 0.136 e. The molecule has 2 nitrogen and oxygen atoms in total. The van der Waals surface area contributed by atoms with Gasteiger partial charge in [0, 0.05) is 21.9 Å². The van der Waals surface area contributed by atoms with E-state index in [4.69, 9.17) is 8.83 Å². The molecule has 0 atom stereocenters. The predicted molar refractivity (Wildman–Crippen MR) is 202 cm³/mol. The summed E-state index contributed by atoms with van der Waals surface area (Å²) in [4.78, 5) is 0. The Bertz CT molecular complexity index is 2730. The van der Waals surface area contributed by atoms with Gasteiger partial charge < -0.3 is 8.83 Å². The van der Waals surface area contributed by atoms with E-state index in [-0.39, 0.29) is 0 Å². The molecule has 2 heteroatoms. The topological polar surface area (TPSA) is 26.3 Å². The Balaban J connectivity index is 1.38. The van der Waals surface area contributed by atoms with Crippen molar-refractivity contribution in [1.82, 2.24) is 0 Å². The van der Waals surface area contributed by atoms with E-state index in [2.05, 4.69) is 135 Å². The van der Waals surface area contributed by atoms with Crippen LogP contribution in [-0.4, -0.2) is 0 Å². The molecular formula is C46H32O2. The van der Waals surface area contributed by atoms with Crippen molar-refractivity contribution in [3.63, 3.8) is 0 Å².